The van der Waals surface area contributed by atoms with Crippen molar-refractivity contribution in [3.63, 3.8) is 0 Å². The molecule has 0 fully saturated rings. The molecular weight excluding hydrogens is 289 g/mol. The number of hydrogen-bond acceptors (Lipinski definition) is 1. The Bertz CT molecular complexity index is 830. The quantitative estimate of drug-likeness (QED) is 0.456. The van der Waals surface area contributed by atoms with Crippen molar-refractivity contribution in [1.82, 2.24) is 4.57 Å². The minimum atomic E-state index is -4.53. The summed E-state index contributed by atoms with van der Waals surface area (Å²) in [6, 6.07) is 17.7. The van der Waals surface area contributed by atoms with Crippen LogP contribution >= 0.6 is 0 Å². The van der Waals surface area contributed by atoms with Gasteiger partial charge in [-0.3, -0.25) is 9.56 Å². The van der Waals surface area contributed by atoms with Crippen LogP contribution in [0.25, 0.3) is 22.2 Å². The van der Waals surface area contributed by atoms with Gasteiger partial charge in [0, 0.05) is 12.4 Å². The molecule has 2 nitrogen and oxygen atoms in total. The maximum absolute atomic E-state index is 13.4. The Morgan fingerprint density at radius 3 is 2.23 bits per heavy atom. The van der Waals surface area contributed by atoms with Crippen molar-refractivity contribution < 1.29 is 13.2 Å². The van der Waals surface area contributed by atoms with Crippen molar-refractivity contribution in [2.75, 3.05) is 7.05 Å². The van der Waals surface area contributed by atoms with Crippen LogP contribution in [0, 0.1) is 0 Å². The first kappa shape index (κ1) is 14.4. The van der Waals surface area contributed by atoms with E-state index < -0.39 is 12.0 Å². The molecule has 0 N–H and O–H groups in total. The third kappa shape index (κ3) is 2.39. The Morgan fingerprint density at radius 1 is 0.955 bits per heavy atom. The van der Waals surface area contributed by atoms with Crippen LogP contribution < -0.4 is 0 Å². The van der Waals surface area contributed by atoms with E-state index in [4.69, 9.17) is 0 Å². The molecule has 22 heavy (non-hydrogen) atoms. The van der Waals surface area contributed by atoms with Crippen LogP contribution in [-0.4, -0.2) is 23.6 Å². The molecule has 0 unspecified atom stereocenters. The van der Waals surface area contributed by atoms with Gasteiger partial charge in [-0.2, -0.15) is 13.2 Å². The van der Waals surface area contributed by atoms with E-state index in [-0.39, 0.29) is 0 Å². The Morgan fingerprint density at radius 2 is 1.59 bits per heavy atom. The highest BCUT2D eigenvalue weighted by Gasteiger charge is 2.38. The fourth-order valence-electron chi connectivity index (χ4n) is 2.56. The second-order valence-electron chi connectivity index (χ2n) is 4.83. The summed E-state index contributed by atoms with van der Waals surface area (Å²) < 4.78 is 41.2. The summed E-state index contributed by atoms with van der Waals surface area (Å²) in [7, 11) is 1.16. The highest BCUT2D eigenvalue weighted by molar-refractivity contribution is 6.02. The van der Waals surface area contributed by atoms with Gasteiger partial charge in [-0.1, -0.05) is 48.5 Å². The second kappa shape index (κ2) is 5.33. The molecule has 0 spiro atoms. The molecule has 2 aromatic carbocycles. The standard InChI is InChI=1S/C17H13F3N2/c1-21-16(17(18,19)20)22-14-10-6-5-9-13(14)11-15(22)12-7-3-2-4-8-12/h2-11H,1H3. The summed E-state index contributed by atoms with van der Waals surface area (Å²) in [5.41, 5.74) is 1.67. The van der Waals surface area contributed by atoms with Crippen molar-refractivity contribution in [2.45, 2.75) is 6.18 Å². The Hall–Kier alpha value is -2.56. The van der Waals surface area contributed by atoms with Crippen molar-refractivity contribution in [2.24, 2.45) is 4.99 Å². The highest BCUT2D eigenvalue weighted by Crippen LogP contribution is 2.31. The van der Waals surface area contributed by atoms with Gasteiger partial charge in [0.05, 0.1) is 11.2 Å². The van der Waals surface area contributed by atoms with Crippen LogP contribution in [0.5, 0.6) is 0 Å². The smallest absolute Gasteiger partial charge is 0.290 e. The highest BCUT2D eigenvalue weighted by atomic mass is 19.4. The number of benzene rings is 2. The zero-order valence-corrected chi connectivity index (χ0v) is 11.8. The van der Waals surface area contributed by atoms with Gasteiger partial charge in [0.15, 0.2) is 0 Å². The minimum absolute atomic E-state index is 0.472. The van der Waals surface area contributed by atoms with Crippen LogP contribution in [0.4, 0.5) is 13.2 Å². The number of halogens is 3. The molecule has 3 rings (SSSR count). The molecule has 112 valence electrons. The van der Waals surface area contributed by atoms with Gasteiger partial charge in [0.2, 0.25) is 5.84 Å². The number of alkyl halides is 3. The number of aromatic nitrogens is 1. The molecule has 5 heteroatoms. The molecule has 1 heterocycles. The number of para-hydroxylation sites is 1. The van der Waals surface area contributed by atoms with Crippen LogP contribution in [0.1, 0.15) is 0 Å². The lowest BCUT2D eigenvalue weighted by Gasteiger charge is -2.15. The van der Waals surface area contributed by atoms with E-state index >= 15 is 0 Å². The van der Waals surface area contributed by atoms with E-state index in [2.05, 4.69) is 4.99 Å². The van der Waals surface area contributed by atoms with Crippen LogP contribution in [0.15, 0.2) is 65.7 Å². The molecule has 3 aromatic rings. The third-order valence-corrected chi connectivity index (χ3v) is 3.46. The van der Waals surface area contributed by atoms with Gasteiger partial charge < -0.3 is 0 Å². The first-order chi connectivity index (χ1) is 10.5. The van der Waals surface area contributed by atoms with Gasteiger partial charge >= 0.3 is 6.18 Å². The Labute approximate surface area is 125 Å². The molecule has 1 aromatic heterocycles. The first-order valence-electron chi connectivity index (χ1n) is 6.72. The van der Waals surface area contributed by atoms with Crippen molar-refractivity contribution in [1.29, 1.82) is 0 Å². The van der Waals surface area contributed by atoms with E-state index in [9.17, 15) is 13.2 Å². The first-order valence-corrected chi connectivity index (χ1v) is 6.72. The van der Waals surface area contributed by atoms with Crippen LogP contribution in [0.3, 0.4) is 0 Å². The molecule has 0 aliphatic carbocycles. The molecule has 0 saturated heterocycles. The van der Waals surface area contributed by atoms with Crippen LogP contribution in [-0.2, 0) is 0 Å². The average Bonchev–Trinajstić information content (AvgIpc) is 2.87. The lowest BCUT2D eigenvalue weighted by molar-refractivity contribution is -0.0613. The molecule has 0 amide bonds. The predicted molar refractivity (Wildman–Crippen MR) is 82.2 cm³/mol. The van der Waals surface area contributed by atoms with Crippen LogP contribution in [0.2, 0.25) is 0 Å². The lowest BCUT2D eigenvalue weighted by atomic mass is 10.1. The lowest BCUT2D eigenvalue weighted by Crippen LogP contribution is -2.30. The van der Waals surface area contributed by atoms with E-state index in [0.717, 1.165) is 12.4 Å². The van der Waals surface area contributed by atoms with E-state index in [1.165, 1.54) is 4.57 Å². The summed E-state index contributed by atoms with van der Waals surface area (Å²) in [5.74, 6) is -0.924. The van der Waals surface area contributed by atoms with Gasteiger partial charge in [0.1, 0.15) is 0 Å². The van der Waals surface area contributed by atoms with Gasteiger partial charge in [-0.25, -0.2) is 0 Å². The second-order valence-corrected chi connectivity index (χ2v) is 4.83. The Balaban J connectivity index is 2.36. The molecule has 0 saturated carbocycles. The summed E-state index contributed by atoms with van der Waals surface area (Å²) >= 11 is 0. The molecule has 0 bridgehead atoms. The van der Waals surface area contributed by atoms with Crippen molar-refractivity contribution >= 4 is 16.7 Å². The van der Waals surface area contributed by atoms with Gasteiger partial charge in [-0.05, 0) is 17.7 Å². The molecule has 0 atom stereocenters. The zero-order chi connectivity index (χ0) is 15.7. The van der Waals surface area contributed by atoms with E-state index in [0.29, 0.717) is 16.8 Å². The maximum Gasteiger partial charge on any atom is 0.449 e. The van der Waals surface area contributed by atoms with Gasteiger partial charge in [0.25, 0.3) is 0 Å². The SMILES string of the molecule is CN=C(n1c(-c2ccccc2)cc2ccccc21)C(F)(F)F. The molecule has 0 aliphatic rings. The fraction of sp³-hybridized carbons (Fsp3) is 0.118. The van der Waals surface area contributed by atoms with E-state index in [1.807, 2.05) is 6.07 Å². The number of fused-ring (bicyclic) bond motifs is 1. The predicted octanol–water partition coefficient (Wildman–Crippen LogP) is 4.75. The number of nitrogens with zero attached hydrogens (tertiary/aromatic N) is 2. The maximum atomic E-state index is 13.4. The average molecular weight is 302 g/mol. The van der Waals surface area contributed by atoms with E-state index in [1.54, 1.807) is 54.6 Å². The normalized spacial score (nSPS) is 12.8. The fourth-order valence-corrected chi connectivity index (χ4v) is 2.56. The topological polar surface area (TPSA) is 17.3 Å². The third-order valence-electron chi connectivity index (χ3n) is 3.46. The summed E-state index contributed by atoms with van der Waals surface area (Å²) in [6.45, 7) is 0. The summed E-state index contributed by atoms with van der Waals surface area (Å²) in [4.78, 5) is 3.49. The van der Waals surface area contributed by atoms with Crippen molar-refractivity contribution in [3.05, 3.63) is 60.7 Å². The molecule has 0 radical (unpaired) electrons. The monoisotopic (exact) mass is 302 g/mol. The zero-order valence-electron chi connectivity index (χ0n) is 11.8. The largest absolute Gasteiger partial charge is 0.449 e. The number of hydrogen-bond donors (Lipinski definition) is 0. The number of rotatable bonds is 1. The minimum Gasteiger partial charge on any atom is -0.290 e. The molecular formula is C17H13F3N2. The number of aliphatic imine (C=N–C) groups is 1. The summed E-state index contributed by atoms with van der Waals surface area (Å²) in [5, 5.41) is 0.742. The summed E-state index contributed by atoms with van der Waals surface area (Å²) in [6.07, 6.45) is -4.53. The molecule has 0 aliphatic heterocycles. The Kier molecular flexibility index (Phi) is 3.48. The van der Waals surface area contributed by atoms with Gasteiger partial charge in [-0.15, -0.1) is 0 Å². The van der Waals surface area contributed by atoms with Crippen molar-refractivity contribution in [3.8, 4) is 11.3 Å².